The Morgan fingerprint density at radius 2 is 1.66 bits per heavy atom. The van der Waals surface area contributed by atoms with Crippen LogP contribution in [0.15, 0.2) is 24.3 Å². The normalized spacial score (nSPS) is 31.2. The van der Waals surface area contributed by atoms with Gasteiger partial charge in [0.15, 0.2) is 0 Å². The number of hydrogen-bond acceptors (Lipinski definition) is 5. The van der Waals surface area contributed by atoms with Crippen molar-refractivity contribution < 1.29 is 9.53 Å². The molecule has 1 amide bonds. The molecule has 6 heteroatoms. The van der Waals surface area contributed by atoms with Crippen molar-refractivity contribution >= 4 is 29.4 Å². The summed E-state index contributed by atoms with van der Waals surface area (Å²) in [7, 11) is 0. The molecule has 4 aliphatic rings. The fourth-order valence-corrected chi connectivity index (χ4v) is 9.67. The van der Waals surface area contributed by atoms with Gasteiger partial charge in [-0.05, 0) is 48.6 Å². The van der Waals surface area contributed by atoms with Crippen LogP contribution in [0.1, 0.15) is 36.8 Å². The lowest BCUT2D eigenvalue weighted by Crippen LogP contribution is -2.42. The van der Waals surface area contributed by atoms with Crippen LogP contribution >= 0.6 is 23.5 Å². The van der Waals surface area contributed by atoms with Gasteiger partial charge in [0, 0.05) is 43.6 Å². The number of carbonyl (C=O) groups excluding carboxylic acids is 1. The van der Waals surface area contributed by atoms with Crippen molar-refractivity contribution in [1.29, 1.82) is 0 Å². The Morgan fingerprint density at radius 3 is 2.31 bits per heavy atom. The maximum absolute atomic E-state index is 12.9. The highest BCUT2D eigenvalue weighted by molar-refractivity contribution is 8.21. The molecule has 29 heavy (non-hydrogen) atoms. The molecule has 4 nitrogen and oxygen atoms in total. The molecule has 2 heterocycles. The molecule has 2 saturated carbocycles. The smallest absolute Gasteiger partial charge is 0.223 e. The third kappa shape index (κ3) is 4.23. The van der Waals surface area contributed by atoms with Gasteiger partial charge in [0.25, 0.3) is 0 Å². The second kappa shape index (κ2) is 8.81. The van der Waals surface area contributed by atoms with E-state index < -0.39 is 0 Å². The molecule has 2 aliphatic heterocycles. The number of nitrogens with zero attached hydrogens (tertiary/aromatic N) is 1. The Morgan fingerprint density at radius 1 is 1.03 bits per heavy atom. The van der Waals surface area contributed by atoms with Gasteiger partial charge < -0.3 is 10.1 Å². The summed E-state index contributed by atoms with van der Waals surface area (Å²) in [6, 6.07) is 8.75. The minimum absolute atomic E-state index is 0.223. The van der Waals surface area contributed by atoms with Crippen molar-refractivity contribution in [3.05, 3.63) is 35.4 Å². The van der Waals surface area contributed by atoms with Gasteiger partial charge >= 0.3 is 0 Å². The monoisotopic (exact) mass is 432 g/mol. The van der Waals surface area contributed by atoms with Crippen LogP contribution in [-0.2, 0) is 22.6 Å². The fourth-order valence-electron chi connectivity index (χ4n) is 5.73. The van der Waals surface area contributed by atoms with Gasteiger partial charge in [-0.15, -0.1) is 23.5 Å². The maximum atomic E-state index is 12.9. The molecular weight excluding hydrogens is 400 g/mol. The van der Waals surface area contributed by atoms with Crippen LogP contribution in [0.2, 0.25) is 0 Å². The van der Waals surface area contributed by atoms with Crippen molar-refractivity contribution in [2.24, 2.45) is 17.8 Å². The van der Waals surface area contributed by atoms with Crippen molar-refractivity contribution in [2.75, 3.05) is 37.8 Å². The summed E-state index contributed by atoms with van der Waals surface area (Å²) in [4.78, 5) is 15.3. The summed E-state index contributed by atoms with van der Waals surface area (Å²) in [5.74, 6) is 4.59. The van der Waals surface area contributed by atoms with Gasteiger partial charge in [0.05, 0.1) is 17.3 Å². The lowest BCUT2D eigenvalue weighted by Gasteiger charge is -2.42. The Labute approximate surface area is 182 Å². The lowest BCUT2D eigenvalue weighted by atomic mass is 9.79. The third-order valence-electron chi connectivity index (χ3n) is 7.25. The zero-order valence-electron chi connectivity index (χ0n) is 17.1. The molecule has 4 fully saturated rings. The van der Waals surface area contributed by atoms with Crippen molar-refractivity contribution in [3.63, 3.8) is 0 Å². The first-order valence-electron chi connectivity index (χ1n) is 11.2. The fraction of sp³-hybridized carbons (Fsp3) is 0.696. The average Bonchev–Trinajstić information content (AvgIpc) is 3.29. The summed E-state index contributed by atoms with van der Waals surface area (Å²) >= 11 is 4.41. The van der Waals surface area contributed by atoms with Crippen LogP contribution < -0.4 is 5.32 Å². The number of nitrogens with one attached hydrogen (secondary N) is 1. The van der Waals surface area contributed by atoms with E-state index in [9.17, 15) is 4.79 Å². The van der Waals surface area contributed by atoms with Crippen molar-refractivity contribution in [1.82, 2.24) is 10.2 Å². The summed E-state index contributed by atoms with van der Waals surface area (Å²) in [6.07, 6.45) is 4.86. The minimum Gasteiger partial charge on any atom is -0.379 e. The van der Waals surface area contributed by atoms with Crippen LogP contribution in [0.5, 0.6) is 0 Å². The Hall–Kier alpha value is -0.690. The number of ether oxygens (including phenoxy) is 1. The van der Waals surface area contributed by atoms with Crippen LogP contribution in [0, 0.1) is 17.8 Å². The third-order valence-corrected chi connectivity index (χ3v) is 11.3. The predicted molar refractivity (Wildman–Crippen MR) is 121 cm³/mol. The van der Waals surface area contributed by atoms with Crippen LogP contribution in [-0.4, -0.2) is 52.7 Å². The number of rotatable bonds is 5. The standard InChI is InChI=1S/C23H32N2O2S2/c26-22(19-13-20-5-6-21(14-19)23(20)28-11-12-29-23)24-15-17-1-3-18(4-2-17)16-25-7-9-27-10-8-25/h1-4,19-21H,5-16H2,(H,24,26). The highest BCUT2D eigenvalue weighted by Crippen LogP contribution is 2.65. The first kappa shape index (κ1) is 20.2. The second-order valence-corrected chi connectivity index (χ2v) is 12.0. The Bertz CT molecular complexity index is 698. The highest BCUT2D eigenvalue weighted by atomic mass is 32.2. The highest BCUT2D eigenvalue weighted by Gasteiger charge is 2.57. The number of benzene rings is 1. The molecule has 2 aliphatic carbocycles. The molecule has 1 aromatic rings. The first-order valence-corrected chi connectivity index (χ1v) is 13.1. The van der Waals surface area contributed by atoms with E-state index in [0.29, 0.717) is 10.6 Å². The quantitative estimate of drug-likeness (QED) is 0.768. The van der Waals surface area contributed by atoms with Crippen LogP contribution in [0.3, 0.4) is 0 Å². The largest absolute Gasteiger partial charge is 0.379 e. The number of morpholine rings is 1. The predicted octanol–water partition coefficient (Wildman–Crippen LogP) is 3.75. The number of amides is 1. The summed E-state index contributed by atoms with van der Waals surface area (Å²) in [5.41, 5.74) is 2.53. The van der Waals surface area contributed by atoms with E-state index in [1.807, 2.05) is 0 Å². The van der Waals surface area contributed by atoms with E-state index in [1.54, 1.807) is 0 Å². The zero-order valence-corrected chi connectivity index (χ0v) is 18.7. The van der Waals surface area contributed by atoms with E-state index in [0.717, 1.165) is 57.5 Å². The van der Waals surface area contributed by atoms with E-state index in [1.165, 1.54) is 35.5 Å². The van der Waals surface area contributed by atoms with Gasteiger partial charge in [-0.1, -0.05) is 24.3 Å². The SMILES string of the molecule is O=C(NCc1ccc(CN2CCOCC2)cc1)C1CC2CCC(C1)C21SCCS1. The van der Waals surface area contributed by atoms with Gasteiger partial charge in [0.1, 0.15) is 0 Å². The van der Waals surface area contributed by atoms with Gasteiger partial charge in [-0.25, -0.2) is 0 Å². The van der Waals surface area contributed by atoms with Crippen molar-refractivity contribution in [3.8, 4) is 0 Å². The molecule has 1 N–H and O–H groups in total. The first-order chi connectivity index (χ1) is 14.2. The van der Waals surface area contributed by atoms with Crippen LogP contribution in [0.25, 0.3) is 0 Å². The van der Waals surface area contributed by atoms with Gasteiger partial charge in [-0.3, -0.25) is 9.69 Å². The van der Waals surface area contributed by atoms with Gasteiger partial charge in [-0.2, -0.15) is 0 Å². The van der Waals surface area contributed by atoms with Crippen LogP contribution in [0.4, 0.5) is 0 Å². The molecule has 2 bridgehead atoms. The minimum atomic E-state index is 0.223. The summed E-state index contributed by atoms with van der Waals surface area (Å²) in [5, 5.41) is 3.24. The van der Waals surface area contributed by atoms with Gasteiger partial charge in [0.2, 0.25) is 5.91 Å². The molecule has 0 aromatic heterocycles. The molecular formula is C23H32N2O2S2. The average molecular weight is 433 g/mol. The molecule has 0 radical (unpaired) electrons. The van der Waals surface area contributed by atoms with E-state index in [2.05, 4.69) is 58.0 Å². The summed E-state index contributed by atoms with van der Waals surface area (Å²) in [6.45, 7) is 5.34. The molecule has 158 valence electrons. The molecule has 2 unspecified atom stereocenters. The number of carbonyl (C=O) groups is 1. The zero-order chi connectivity index (χ0) is 19.7. The number of thioether (sulfide) groups is 2. The molecule has 5 rings (SSSR count). The second-order valence-electron chi connectivity index (χ2n) is 8.98. The maximum Gasteiger partial charge on any atom is 0.223 e. The molecule has 1 aromatic carbocycles. The van der Waals surface area contributed by atoms with E-state index in [-0.39, 0.29) is 11.8 Å². The van der Waals surface area contributed by atoms with E-state index >= 15 is 0 Å². The Kier molecular flexibility index (Phi) is 6.15. The van der Waals surface area contributed by atoms with E-state index in [4.69, 9.17) is 4.74 Å². The number of hydrogen-bond donors (Lipinski definition) is 1. The van der Waals surface area contributed by atoms with Crippen molar-refractivity contribution in [2.45, 2.75) is 42.9 Å². The lowest BCUT2D eigenvalue weighted by molar-refractivity contribution is -0.126. The molecule has 1 spiro atoms. The molecule has 2 saturated heterocycles. The summed E-state index contributed by atoms with van der Waals surface area (Å²) < 4.78 is 5.89. The Balaban J connectivity index is 1.11. The topological polar surface area (TPSA) is 41.6 Å². The molecule has 2 atom stereocenters.